The molecular formula is C18H21NO3S. The Hall–Kier alpha value is -1.69. The van der Waals surface area contributed by atoms with Crippen LogP contribution in [-0.2, 0) is 10.0 Å². The molecule has 1 heterocycles. The second kappa shape index (κ2) is 6.07. The van der Waals surface area contributed by atoms with Gasteiger partial charge in [0.2, 0.25) is 10.0 Å². The van der Waals surface area contributed by atoms with E-state index in [-0.39, 0.29) is 16.9 Å². The van der Waals surface area contributed by atoms with Crippen LogP contribution in [0.2, 0.25) is 0 Å². The van der Waals surface area contributed by atoms with Crippen LogP contribution in [-0.4, -0.2) is 24.1 Å². The van der Waals surface area contributed by atoms with Crippen LogP contribution in [0.3, 0.4) is 0 Å². The van der Waals surface area contributed by atoms with Gasteiger partial charge in [-0.05, 0) is 37.0 Å². The van der Waals surface area contributed by atoms with Gasteiger partial charge in [-0.25, -0.2) is 8.42 Å². The summed E-state index contributed by atoms with van der Waals surface area (Å²) in [6.45, 7) is 3.79. The van der Waals surface area contributed by atoms with Gasteiger partial charge in [-0.3, -0.25) is 0 Å². The molecule has 3 rings (SSSR count). The van der Waals surface area contributed by atoms with Crippen LogP contribution in [0.5, 0.6) is 0 Å². The van der Waals surface area contributed by atoms with E-state index in [0.717, 1.165) is 11.1 Å². The third kappa shape index (κ3) is 2.92. The van der Waals surface area contributed by atoms with Crippen molar-refractivity contribution in [1.29, 1.82) is 0 Å². The fourth-order valence-corrected chi connectivity index (χ4v) is 4.87. The van der Waals surface area contributed by atoms with Gasteiger partial charge in [-0.15, -0.1) is 0 Å². The zero-order valence-electron chi connectivity index (χ0n) is 13.3. The van der Waals surface area contributed by atoms with E-state index in [1.54, 1.807) is 24.3 Å². The standard InChI is InChI=1S/C18H21NO3S/c1-13-8-10-16(11-9-13)23(21,22)19-17(12-14(2)18(19)20)15-6-4-3-5-7-15/h3-11,14,17-18,20H,12H2,1-2H3/t14-,17+,18+/m1/s1. The first-order chi connectivity index (χ1) is 10.9. The van der Waals surface area contributed by atoms with Crippen LogP contribution in [0.4, 0.5) is 0 Å². The Kier molecular flexibility index (Phi) is 4.27. The number of benzene rings is 2. The lowest BCUT2D eigenvalue weighted by atomic mass is 10.0. The number of rotatable bonds is 3. The van der Waals surface area contributed by atoms with Gasteiger partial charge in [-0.2, -0.15) is 4.31 Å². The SMILES string of the molecule is Cc1ccc(S(=O)(=O)N2[C@H](c3ccccc3)C[C@@H](C)[C@@H]2O)cc1. The average Bonchev–Trinajstić information content (AvgIpc) is 2.85. The molecule has 1 fully saturated rings. The van der Waals surface area contributed by atoms with Gasteiger partial charge >= 0.3 is 0 Å². The van der Waals surface area contributed by atoms with E-state index in [4.69, 9.17) is 0 Å². The monoisotopic (exact) mass is 331 g/mol. The largest absolute Gasteiger partial charge is 0.377 e. The van der Waals surface area contributed by atoms with Crippen molar-refractivity contribution in [3.05, 3.63) is 65.7 Å². The Morgan fingerprint density at radius 3 is 2.26 bits per heavy atom. The quantitative estimate of drug-likeness (QED) is 0.940. The summed E-state index contributed by atoms with van der Waals surface area (Å²) in [6, 6.07) is 15.9. The third-order valence-electron chi connectivity index (χ3n) is 4.45. The van der Waals surface area contributed by atoms with E-state index >= 15 is 0 Å². The van der Waals surface area contributed by atoms with E-state index in [1.807, 2.05) is 44.2 Å². The normalized spacial score (nSPS) is 25.6. The molecule has 3 atom stereocenters. The second-order valence-electron chi connectivity index (χ2n) is 6.20. The van der Waals surface area contributed by atoms with Crippen LogP contribution >= 0.6 is 0 Å². The summed E-state index contributed by atoms with van der Waals surface area (Å²) in [5, 5.41) is 10.5. The minimum absolute atomic E-state index is 0.111. The summed E-state index contributed by atoms with van der Waals surface area (Å²) in [5.41, 5.74) is 1.91. The molecule has 0 aromatic heterocycles. The second-order valence-corrected chi connectivity index (χ2v) is 8.04. The Bertz CT molecular complexity index is 772. The summed E-state index contributed by atoms with van der Waals surface area (Å²) >= 11 is 0. The van der Waals surface area contributed by atoms with Gasteiger partial charge in [0.1, 0.15) is 6.23 Å². The molecule has 0 unspecified atom stereocenters. The van der Waals surface area contributed by atoms with E-state index in [1.165, 1.54) is 4.31 Å². The van der Waals surface area contributed by atoms with Gasteiger partial charge in [0, 0.05) is 0 Å². The first kappa shape index (κ1) is 16.2. The van der Waals surface area contributed by atoms with Crippen LogP contribution in [0, 0.1) is 12.8 Å². The lowest BCUT2D eigenvalue weighted by molar-refractivity contribution is 0.0524. The fourth-order valence-electron chi connectivity index (χ4n) is 3.11. The molecule has 2 aromatic rings. The van der Waals surface area contributed by atoms with Crippen molar-refractivity contribution in [2.24, 2.45) is 5.92 Å². The Morgan fingerprint density at radius 1 is 1.04 bits per heavy atom. The maximum Gasteiger partial charge on any atom is 0.245 e. The van der Waals surface area contributed by atoms with Crippen molar-refractivity contribution in [3.8, 4) is 0 Å². The molecule has 2 aromatic carbocycles. The molecule has 0 spiro atoms. The molecule has 1 aliphatic heterocycles. The van der Waals surface area contributed by atoms with Crippen LogP contribution in [0.25, 0.3) is 0 Å². The van der Waals surface area contributed by atoms with Gasteiger partial charge < -0.3 is 5.11 Å². The molecule has 5 heteroatoms. The van der Waals surface area contributed by atoms with E-state index in [0.29, 0.717) is 6.42 Å². The lowest BCUT2D eigenvalue weighted by Gasteiger charge is -2.27. The van der Waals surface area contributed by atoms with Gasteiger partial charge in [0.25, 0.3) is 0 Å². The Morgan fingerprint density at radius 2 is 1.65 bits per heavy atom. The lowest BCUT2D eigenvalue weighted by Crippen LogP contribution is -2.38. The molecule has 122 valence electrons. The van der Waals surface area contributed by atoms with Gasteiger partial charge in [0.05, 0.1) is 10.9 Å². The first-order valence-electron chi connectivity index (χ1n) is 7.74. The number of aryl methyl sites for hydroxylation is 1. The van der Waals surface area contributed by atoms with Crippen LogP contribution < -0.4 is 0 Å². The van der Waals surface area contributed by atoms with Crippen molar-refractivity contribution in [2.45, 2.75) is 37.4 Å². The molecule has 1 aliphatic rings. The van der Waals surface area contributed by atoms with Crippen molar-refractivity contribution >= 4 is 10.0 Å². The summed E-state index contributed by atoms with van der Waals surface area (Å²) < 4.78 is 27.4. The van der Waals surface area contributed by atoms with E-state index in [2.05, 4.69) is 0 Å². The highest BCUT2D eigenvalue weighted by Crippen LogP contribution is 2.42. The number of hydrogen-bond acceptors (Lipinski definition) is 3. The van der Waals surface area contributed by atoms with Gasteiger partial charge in [0.15, 0.2) is 0 Å². The van der Waals surface area contributed by atoms with Crippen molar-refractivity contribution in [2.75, 3.05) is 0 Å². The van der Waals surface area contributed by atoms with Crippen molar-refractivity contribution in [1.82, 2.24) is 4.31 Å². The molecule has 0 bridgehead atoms. The Labute approximate surface area is 137 Å². The van der Waals surface area contributed by atoms with Crippen LogP contribution in [0.1, 0.15) is 30.5 Å². The Balaban J connectivity index is 2.05. The van der Waals surface area contributed by atoms with Crippen molar-refractivity contribution in [3.63, 3.8) is 0 Å². The zero-order valence-corrected chi connectivity index (χ0v) is 14.1. The number of aliphatic hydroxyl groups excluding tert-OH is 1. The molecular weight excluding hydrogens is 310 g/mol. The van der Waals surface area contributed by atoms with E-state index < -0.39 is 16.3 Å². The number of nitrogens with zero attached hydrogens (tertiary/aromatic N) is 1. The predicted octanol–water partition coefficient (Wildman–Crippen LogP) is 3.09. The highest BCUT2D eigenvalue weighted by atomic mass is 32.2. The minimum atomic E-state index is -3.75. The highest BCUT2D eigenvalue weighted by Gasteiger charge is 2.45. The molecule has 1 saturated heterocycles. The number of hydrogen-bond donors (Lipinski definition) is 1. The predicted molar refractivity (Wildman–Crippen MR) is 89.2 cm³/mol. The summed E-state index contributed by atoms with van der Waals surface area (Å²) in [4.78, 5) is 0.220. The first-order valence-corrected chi connectivity index (χ1v) is 9.18. The molecule has 0 saturated carbocycles. The molecule has 4 nitrogen and oxygen atoms in total. The molecule has 1 N–H and O–H groups in total. The summed E-state index contributed by atoms with van der Waals surface area (Å²) in [6.07, 6.45) is -0.400. The van der Waals surface area contributed by atoms with Gasteiger partial charge in [-0.1, -0.05) is 55.0 Å². The molecule has 0 radical (unpaired) electrons. The zero-order chi connectivity index (χ0) is 16.6. The highest BCUT2D eigenvalue weighted by molar-refractivity contribution is 7.89. The minimum Gasteiger partial charge on any atom is -0.377 e. The molecule has 0 amide bonds. The maximum atomic E-state index is 13.1. The van der Waals surface area contributed by atoms with E-state index in [9.17, 15) is 13.5 Å². The van der Waals surface area contributed by atoms with Crippen LogP contribution in [0.15, 0.2) is 59.5 Å². The number of sulfonamides is 1. The third-order valence-corrected chi connectivity index (χ3v) is 6.35. The molecule has 23 heavy (non-hydrogen) atoms. The van der Waals surface area contributed by atoms with Crippen molar-refractivity contribution < 1.29 is 13.5 Å². The topological polar surface area (TPSA) is 57.6 Å². The average molecular weight is 331 g/mol. The molecule has 0 aliphatic carbocycles. The fraction of sp³-hybridized carbons (Fsp3) is 0.333. The number of aliphatic hydroxyl groups is 1. The smallest absolute Gasteiger partial charge is 0.245 e. The summed E-state index contributed by atoms with van der Waals surface area (Å²) in [7, 11) is -3.75. The summed E-state index contributed by atoms with van der Waals surface area (Å²) in [5.74, 6) is -0.111. The maximum absolute atomic E-state index is 13.1.